The van der Waals surface area contributed by atoms with Gasteiger partial charge in [0.2, 0.25) is 5.95 Å². The van der Waals surface area contributed by atoms with E-state index in [0.717, 1.165) is 10.1 Å². The number of carbonyl (C=O) groups is 1. The van der Waals surface area contributed by atoms with Gasteiger partial charge in [0.05, 0.1) is 35.8 Å². The molecule has 16 heteroatoms. The number of nitrogens with zero attached hydrogens (tertiary/aromatic N) is 4. The lowest BCUT2D eigenvalue weighted by molar-refractivity contribution is -0.136. The summed E-state index contributed by atoms with van der Waals surface area (Å²) in [6.07, 6.45) is 6.81. The van der Waals surface area contributed by atoms with Crippen molar-refractivity contribution in [1.82, 2.24) is 24.4 Å². The zero-order chi connectivity index (χ0) is 35.9. The number of fused-ring (bicyclic) bond motifs is 1. The summed E-state index contributed by atoms with van der Waals surface area (Å²) in [6.45, 7) is 0.474. The van der Waals surface area contributed by atoms with Crippen molar-refractivity contribution < 1.29 is 27.8 Å². The number of carboxylic acids is 1. The van der Waals surface area contributed by atoms with Gasteiger partial charge in [-0.2, -0.15) is 4.98 Å². The van der Waals surface area contributed by atoms with Gasteiger partial charge in [-0.15, -0.1) is 0 Å². The number of methoxy groups -OCH3 is 1. The standard InChI is InChI=1S/C34H33ClF3N7O5/c1-50-12-11-40-15-20-5-7-24(35)31(23(20)9-10-39)42-32-43-33(48)45(34(49)44(32)18-22-13-26(37)27(38)14-25(22)36)28-17-41-16-21-4-2-3-19(30(21)28)6-8-29(46)47/h2-4,7,13-17,40H,5-6,8-12,18,39H2,1H3,(H,46,47)(H,42,43,48)/b20-15+. The number of carboxylic acid groups (broad SMARTS) is 1. The molecule has 12 nitrogen and oxygen atoms in total. The van der Waals surface area contributed by atoms with Gasteiger partial charge in [-0.1, -0.05) is 35.9 Å². The first kappa shape index (κ1) is 36.0. The number of anilines is 1. The first-order valence-electron chi connectivity index (χ1n) is 15.5. The van der Waals surface area contributed by atoms with Crippen molar-refractivity contribution in [3.05, 3.63) is 126 Å². The van der Waals surface area contributed by atoms with Gasteiger partial charge in [0.15, 0.2) is 11.6 Å². The highest BCUT2D eigenvalue weighted by Gasteiger charge is 2.24. The number of benzene rings is 2. The molecule has 2 heterocycles. The molecule has 0 radical (unpaired) electrons. The molecule has 4 aromatic rings. The molecule has 1 aliphatic carbocycles. The molecule has 0 saturated heterocycles. The molecule has 0 saturated carbocycles. The lowest BCUT2D eigenvalue weighted by atomic mass is 9.93. The van der Waals surface area contributed by atoms with E-state index >= 15 is 4.39 Å². The van der Waals surface area contributed by atoms with Crippen molar-refractivity contribution >= 4 is 34.3 Å². The summed E-state index contributed by atoms with van der Waals surface area (Å²) in [4.78, 5) is 48.0. The van der Waals surface area contributed by atoms with Crippen molar-refractivity contribution in [3.8, 4) is 5.69 Å². The Hall–Kier alpha value is -5.25. The number of allylic oxidation sites excluding steroid dienone is 3. The minimum absolute atomic E-state index is 0.0111. The smallest absolute Gasteiger partial charge is 0.359 e. The monoisotopic (exact) mass is 711 g/mol. The lowest BCUT2D eigenvalue weighted by Gasteiger charge is -2.24. The predicted octanol–water partition coefficient (Wildman–Crippen LogP) is 4.09. The molecule has 5 rings (SSSR count). The molecule has 2 aromatic carbocycles. The minimum atomic E-state index is -1.43. The van der Waals surface area contributed by atoms with Gasteiger partial charge in [0, 0.05) is 54.9 Å². The van der Waals surface area contributed by atoms with Crippen LogP contribution in [-0.4, -0.2) is 57.0 Å². The number of aliphatic carboxylic acids is 1. The normalized spacial score (nSPS) is 14.0. The maximum atomic E-state index is 15.0. The number of hydrogen-bond acceptors (Lipinski definition) is 9. The quantitative estimate of drug-likeness (QED) is 0.111. The Morgan fingerprint density at radius 3 is 2.64 bits per heavy atom. The SMILES string of the molecule is COCCN/C=C1\CC=C(Cl)C(Nc2nc(=O)n(-c3cncc4cccc(CCC(=O)O)c34)c(=O)n2Cc2cc(F)c(F)cc2F)=C1CCN. The van der Waals surface area contributed by atoms with E-state index in [1.807, 2.05) is 0 Å². The highest BCUT2D eigenvalue weighted by atomic mass is 35.5. The Bertz CT molecular complexity index is 2160. The summed E-state index contributed by atoms with van der Waals surface area (Å²) in [5.74, 6) is -5.35. The third-order valence-corrected chi connectivity index (χ3v) is 8.32. The lowest BCUT2D eigenvalue weighted by Crippen LogP contribution is -2.42. The zero-order valence-electron chi connectivity index (χ0n) is 26.8. The maximum Gasteiger partial charge on any atom is 0.359 e. The molecule has 5 N–H and O–H groups in total. The van der Waals surface area contributed by atoms with E-state index in [1.54, 1.807) is 37.6 Å². The topological polar surface area (TPSA) is 166 Å². The molecule has 0 spiro atoms. The molecule has 0 aliphatic heterocycles. The van der Waals surface area contributed by atoms with Gasteiger partial charge in [-0.05, 0) is 48.6 Å². The molecule has 2 aromatic heterocycles. The van der Waals surface area contributed by atoms with Crippen molar-refractivity contribution in [1.29, 1.82) is 0 Å². The fourth-order valence-electron chi connectivity index (χ4n) is 5.61. The molecular formula is C34H33ClF3N7O5. The van der Waals surface area contributed by atoms with E-state index in [4.69, 9.17) is 22.1 Å². The average Bonchev–Trinajstić information content (AvgIpc) is 3.08. The Morgan fingerprint density at radius 1 is 1.12 bits per heavy atom. The second-order valence-electron chi connectivity index (χ2n) is 11.2. The fraction of sp³-hybridized carbons (Fsp3) is 0.265. The van der Waals surface area contributed by atoms with E-state index in [9.17, 15) is 28.3 Å². The predicted molar refractivity (Wildman–Crippen MR) is 182 cm³/mol. The number of aromatic nitrogens is 4. The second kappa shape index (κ2) is 16.0. The first-order chi connectivity index (χ1) is 24.0. The number of aryl methyl sites for hydroxylation is 1. The number of halogens is 4. The summed E-state index contributed by atoms with van der Waals surface area (Å²) < 4.78 is 49.9. The Kier molecular flexibility index (Phi) is 11.5. The van der Waals surface area contributed by atoms with Crippen LogP contribution in [0.2, 0.25) is 0 Å². The van der Waals surface area contributed by atoms with Crippen LogP contribution in [0.1, 0.15) is 30.4 Å². The molecule has 0 fully saturated rings. The zero-order valence-corrected chi connectivity index (χ0v) is 27.6. The van der Waals surface area contributed by atoms with Gasteiger partial charge >= 0.3 is 17.3 Å². The summed E-state index contributed by atoms with van der Waals surface area (Å²) in [6, 6.07) is 5.99. The van der Waals surface area contributed by atoms with E-state index in [1.165, 1.54) is 12.4 Å². The second-order valence-corrected chi connectivity index (χ2v) is 11.6. The van der Waals surface area contributed by atoms with Crippen LogP contribution in [0.4, 0.5) is 19.1 Å². The maximum absolute atomic E-state index is 15.0. The van der Waals surface area contributed by atoms with Crippen molar-refractivity contribution in [2.45, 2.75) is 32.2 Å². The molecule has 262 valence electrons. The van der Waals surface area contributed by atoms with Crippen LogP contribution in [0.25, 0.3) is 16.5 Å². The summed E-state index contributed by atoms with van der Waals surface area (Å²) >= 11 is 6.66. The van der Waals surface area contributed by atoms with Crippen molar-refractivity contribution in [3.63, 3.8) is 0 Å². The van der Waals surface area contributed by atoms with Gasteiger partial charge in [0.25, 0.3) is 0 Å². The van der Waals surface area contributed by atoms with Crippen LogP contribution in [0.3, 0.4) is 0 Å². The number of hydrogen-bond donors (Lipinski definition) is 4. The summed E-state index contributed by atoms with van der Waals surface area (Å²) in [7, 11) is 1.57. The minimum Gasteiger partial charge on any atom is -0.481 e. The van der Waals surface area contributed by atoms with E-state index in [-0.39, 0.29) is 41.8 Å². The molecule has 1 aliphatic rings. The van der Waals surface area contributed by atoms with Gasteiger partial charge in [0.1, 0.15) is 5.82 Å². The highest BCUT2D eigenvalue weighted by molar-refractivity contribution is 6.32. The number of nitrogens with two attached hydrogens (primary N) is 1. The van der Waals surface area contributed by atoms with Gasteiger partial charge < -0.3 is 26.2 Å². The Labute approximate surface area is 288 Å². The molecule has 0 atom stereocenters. The van der Waals surface area contributed by atoms with E-state index in [2.05, 4.69) is 20.6 Å². The van der Waals surface area contributed by atoms with Gasteiger partial charge in [-0.25, -0.2) is 27.3 Å². The van der Waals surface area contributed by atoms with Crippen LogP contribution in [0.5, 0.6) is 0 Å². The average molecular weight is 712 g/mol. The third kappa shape index (κ3) is 7.80. The molecular weight excluding hydrogens is 679 g/mol. The molecule has 0 amide bonds. The van der Waals surface area contributed by atoms with E-state index < -0.39 is 46.9 Å². The van der Waals surface area contributed by atoms with Crippen LogP contribution >= 0.6 is 11.6 Å². The van der Waals surface area contributed by atoms with Crippen LogP contribution in [0.15, 0.2) is 86.5 Å². The Morgan fingerprint density at radius 2 is 1.90 bits per heavy atom. The molecule has 50 heavy (non-hydrogen) atoms. The van der Waals surface area contributed by atoms with Crippen LogP contribution in [-0.2, 0) is 22.5 Å². The van der Waals surface area contributed by atoms with Gasteiger partial charge in [-0.3, -0.25) is 14.3 Å². The number of pyridine rings is 1. The Balaban J connectivity index is 1.74. The summed E-state index contributed by atoms with van der Waals surface area (Å²) in [5.41, 5.74) is 5.65. The summed E-state index contributed by atoms with van der Waals surface area (Å²) in [5, 5.41) is 16.5. The van der Waals surface area contributed by atoms with Crippen molar-refractivity contribution in [2.75, 3.05) is 32.1 Å². The first-order valence-corrected chi connectivity index (χ1v) is 15.8. The third-order valence-electron chi connectivity index (χ3n) is 7.97. The van der Waals surface area contributed by atoms with Crippen molar-refractivity contribution in [2.24, 2.45) is 5.73 Å². The van der Waals surface area contributed by atoms with E-state index in [0.29, 0.717) is 64.6 Å². The number of nitrogens with one attached hydrogen (secondary N) is 2. The molecule has 0 bridgehead atoms. The van der Waals surface area contributed by atoms with Crippen LogP contribution in [0, 0.1) is 17.5 Å². The highest BCUT2D eigenvalue weighted by Crippen LogP contribution is 2.34. The molecule has 0 unspecified atom stereocenters. The fourth-order valence-corrected chi connectivity index (χ4v) is 5.85. The number of ether oxygens (including phenoxy) is 1. The number of rotatable bonds is 14. The largest absolute Gasteiger partial charge is 0.481 e. The van der Waals surface area contributed by atoms with Crippen LogP contribution < -0.4 is 27.7 Å².